The number of phenols is 1. The molecule has 2 saturated heterocycles. The first-order valence-electron chi connectivity index (χ1n) is 15.3. The molecule has 4 aliphatic rings. The molecule has 11 heteroatoms. The fraction of sp³-hybridized carbons (Fsp3) is 0.278. The van der Waals surface area contributed by atoms with E-state index in [1.807, 2.05) is 36.4 Å². The molecule has 3 aromatic rings. The summed E-state index contributed by atoms with van der Waals surface area (Å²) in [4.78, 5) is 54.4. The number of alkyl halides is 3. The number of phenolic OH excluding ortho intramolecular Hbond substituents is 1. The first kappa shape index (κ1) is 31.7. The third-order valence-corrected chi connectivity index (χ3v) is 11.9. The predicted octanol–water partition coefficient (Wildman–Crippen LogP) is 6.78. The predicted molar refractivity (Wildman–Crippen MR) is 184 cm³/mol. The number of imide groups is 2. The summed E-state index contributed by atoms with van der Waals surface area (Å²) in [6.45, 7) is 3.78. The number of nitrogens with zero attached hydrogens (tertiary/aromatic N) is 2. The standard InChI is InChI=1S/C36H30BrCl2N3O5/c1-2-7-20-8-6-11-26(30(20)43)29-24-16-17-25-28(27(24)18-35(38)33(46)41(19-37)34(47)36(29,35)39)32(45)42(31(25)44)23-14-12-22(13-15-23)40-21-9-4-3-5-10-21/h2-6,8-16,25,27-29,40,43H,1,7,17-19H2. The summed E-state index contributed by atoms with van der Waals surface area (Å²) in [5.74, 6) is -5.48. The average Bonchev–Trinajstić information content (AvgIpc) is 3.41. The summed E-state index contributed by atoms with van der Waals surface area (Å²) in [5, 5.41) is 14.8. The third-order valence-electron chi connectivity index (χ3n) is 10.0. The van der Waals surface area contributed by atoms with Crippen molar-refractivity contribution in [2.24, 2.45) is 17.8 Å². The van der Waals surface area contributed by atoms with E-state index in [9.17, 15) is 24.3 Å². The number of halogens is 3. The molecule has 0 spiro atoms. The van der Waals surface area contributed by atoms with Crippen molar-refractivity contribution >= 4 is 79.8 Å². The van der Waals surface area contributed by atoms with Crippen LogP contribution >= 0.6 is 39.1 Å². The Kier molecular flexibility index (Phi) is 7.85. The van der Waals surface area contributed by atoms with Crippen LogP contribution in [0.2, 0.25) is 0 Å². The molecule has 3 fully saturated rings. The van der Waals surface area contributed by atoms with Crippen molar-refractivity contribution in [2.75, 3.05) is 15.7 Å². The number of para-hydroxylation sites is 2. The van der Waals surface area contributed by atoms with Gasteiger partial charge < -0.3 is 10.4 Å². The summed E-state index contributed by atoms with van der Waals surface area (Å²) < 4.78 is 0. The van der Waals surface area contributed by atoms with Crippen LogP contribution in [0.1, 0.15) is 29.9 Å². The Hall–Kier alpha value is -3.92. The lowest BCUT2D eigenvalue weighted by atomic mass is 9.56. The molecule has 2 aliphatic carbocycles. The van der Waals surface area contributed by atoms with Crippen molar-refractivity contribution < 1.29 is 24.3 Å². The number of likely N-dealkylation sites (tertiary alicyclic amines) is 1. The Bertz CT molecular complexity index is 1870. The topological polar surface area (TPSA) is 107 Å². The molecule has 1 saturated carbocycles. The summed E-state index contributed by atoms with van der Waals surface area (Å²) in [6, 6.07) is 21.8. The monoisotopic (exact) mass is 733 g/mol. The Morgan fingerprint density at radius 1 is 0.915 bits per heavy atom. The molecule has 240 valence electrons. The molecule has 0 aromatic heterocycles. The van der Waals surface area contributed by atoms with Gasteiger partial charge in [-0.3, -0.25) is 29.0 Å². The number of rotatable bonds is 7. The molecule has 0 radical (unpaired) electrons. The third kappa shape index (κ3) is 4.54. The summed E-state index contributed by atoms with van der Waals surface area (Å²) in [5.41, 5.74) is 3.50. The van der Waals surface area contributed by atoms with Gasteiger partial charge in [0.15, 0.2) is 9.75 Å². The van der Waals surface area contributed by atoms with Crippen LogP contribution in [0.4, 0.5) is 17.1 Å². The first-order chi connectivity index (χ1) is 22.6. The molecule has 0 bridgehead atoms. The summed E-state index contributed by atoms with van der Waals surface area (Å²) >= 11 is 17.9. The number of fused-ring (bicyclic) bond motifs is 4. The zero-order valence-electron chi connectivity index (χ0n) is 25.0. The van der Waals surface area contributed by atoms with E-state index in [1.54, 1.807) is 48.5 Å². The highest BCUT2D eigenvalue weighted by Gasteiger charge is 2.76. The molecular formula is C36H30BrCl2N3O5. The largest absolute Gasteiger partial charge is 0.507 e. The van der Waals surface area contributed by atoms with Crippen LogP contribution in [0.25, 0.3) is 0 Å². The second kappa shape index (κ2) is 11.6. The number of benzene rings is 3. The Labute approximate surface area is 290 Å². The minimum Gasteiger partial charge on any atom is -0.507 e. The molecule has 4 amide bonds. The number of amides is 4. The number of carbonyl (C=O) groups excluding carboxylic acids is 4. The highest BCUT2D eigenvalue weighted by atomic mass is 79.9. The van der Waals surface area contributed by atoms with Gasteiger partial charge in [0.2, 0.25) is 11.8 Å². The lowest BCUT2D eigenvalue weighted by Gasteiger charge is -2.50. The molecule has 7 rings (SSSR count). The van der Waals surface area contributed by atoms with Gasteiger partial charge >= 0.3 is 0 Å². The quantitative estimate of drug-likeness (QED) is 0.120. The van der Waals surface area contributed by atoms with Gasteiger partial charge in [-0.2, -0.15) is 0 Å². The van der Waals surface area contributed by atoms with Crippen molar-refractivity contribution in [1.82, 2.24) is 4.90 Å². The highest BCUT2D eigenvalue weighted by Crippen LogP contribution is 2.66. The molecule has 2 aliphatic heterocycles. The molecule has 6 unspecified atom stereocenters. The molecule has 6 atom stereocenters. The molecule has 2 N–H and O–H groups in total. The molecule has 3 aromatic carbocycles. The Balaban J connectivity index is 1.30. The molecular weight excluding hydrogens is 705 g/mol. The van der Waals surface area contributed by atoms with Crippen molar-refractivity contribution in [3.8, 4) is 5.75 Å². The lowest BCUT2D eigenvalue weighted by Crippen LogP contribution is -2.60. The minimum atomic E-state index is -1.99. The van der Waals surface area contributed by atoms with Gasteiger partial charge in [0, 0.05) is 22.9 Å². The van der Waals surface area contributed by atoms with Crippen LogP contribution in [0.15, 0.2) is 97.1 Å². The van der Waals surface area contributed by atoms with E-state index < -0.39 is 51.1 Å². The van der Waals surface area contributed by atoms with Gasteiger partial charge in [0.25, 0.3) is 11.8 Å². The van der Waals surface area contributed by atoms with Crippen molar-refractivity contribution in [1.29, 1.82) is 0 Å². The molecule has 2 heterocycles. The van der Waals surface area contributed by atoms with Gasteiger partial charge in [-0.1, -0.05) is 70.1 Å². The van der Waals surface area contributed by atoms with E-state index in [4.69, 9.17) is 23.2 Å². The van der Waals surface area contributed by atoms with Gasteiger partial charge in [0.1, 0.15) is 5.75 Å². The summed E-state index contributed by atoms with van der Waals surface area (Å²) in [6.07, 6.45) is 3.94. The zero-order chi connectivity index (χ0) is 33.2. The van der Waals surface area contributed by atoms with E-state index in [-0.39, 0.29) is 30.0 Å². The van der Waals surface area contributed by atoms with E-state index in [2.05, 4.69) is 27.8 Å². The number of anilines is 3. The number of carbonyl (C=O) groups is 4. The first-order valence-corrected chi connectivity index (χ1v) is 17.2. The van der Waals surface area contributed by atoms with Gasteiger partial charge in [-0.05, 0) is 67.1 Å². The van der Waals surface area contributed by atoms with Crippen LogP contribution in [0.5, 0.6) is 5.75 Å². The Morgan fingerprint density at radius 3 is 2.30 bits per heavy atom. The van der Waals surface area contributed by atoms with Crippen molar-refractivity contribution in [2.45, 2.75) is 34.9 Å². The second-order valence-corrected chi connectivity index (χ2v) is 14.1. The van der Waals surface area contributed by atoms with E-state index in [1.165, 1.54) is 4.90 Å². The van der Waals surface area contributed by atoms with Crippen LogP contribution in [-0.4, -0.2) is 48.8 Å². The molecule has 8 nitrogen and oxygen atoms in total. The van der Waals surface area contributed by atoms with E-state index in [0.29, 0.717) is 28.8 Å². The molecule has 47 heavy (non-hydrogen) atoms. The highest BCUT2D eigenvalue weighted by molar-refractivity contribution is 9.09. The fourth-order valence-electron chi connectivity index (χ4n) is 7.90. The van der Waals surface area contributed by atoms with E-state index in [0.717, 1.165) is 16.3 Å². The number of hydrogen-bond donors (Lipinski definition) is 2. The number of aromatic hydroxyl groups is 1. The van der Waals surface area contributed by atoms with Crippen LogP contribution < -0.4 is 10.2 Å². The SMILES string of the molecule is C=CCc1cccc(C2C3=CCC4C(=O)N(c5ccc(Nc6ccccc6)cc5)C(=O)C4C3CC3(Cl)C(=O)N(CBr)C(=O)C23Cl)c1O. The number of allylic oxidation sites excluding steroid dienone is 3. The Morgan fingerprint density at radius 2 is 1.62 bits per heavy atom. The fourth-order valence-corrected chi connectivity index (χ4v) is 9.32. The van der Waals surface area contributed by atoms with Gasteiger partial charge in [-0.15, -0.1) is 29.8 Å². The lowest BCUT2D eigenvalue weighted by molar-refractivity contribution is -0.138. The smallest absolute Gasteiger partial charge is 0.254 e. The number of hydrogen-bond acceptors (Lipinski definition) is 6. The van der Waals surface area contributed by atoms with E-state index >= 15 is 0 Å². The minimum absolute atomic E-state index is 0.0858. The van der Waals surface area contributed by atoms with Crippen LogP contribution in [-0.2, 0) is 25.6 Å². The summed E-state index contributed by atoms with van der Waals surface area (Å²) in [7, 11) is 0. The zero-order valence-corrected chi connectivity index (χ0v) is 28.1. The van der Waals surface area contributed by atoms with Crippen molar-refractivity contribution in [3.05, 3.63) is 108 Å². The average molecular weight is 735 g/mol. The maximum atomic E-state index is 14.3. The van der Waals surface area contributed by atoms with Crippen LogP contribution in [0, 0.1) is 17.8 Å². The number of nitrogens with one attached hydrogen (secondary N) is 1. The van der Waals surface area contributed by atoms with Gasteiger partial charge in [-0.25, -0.2) is 0 Å². The maximum Gasteiger partial charge on any atom is 0.254 e. The maximum absolute atomic E-state index is 14.3. The second-order valence-electron chi connectivity index (χ2n) is 12.4. The van der Waals surface area contributed by atoms with Crippen LogP contribution in [0.3, 0.4) is 0 Å². The van der Waals surface area contributed by atoms with Crippen molar-refractivity contribution in [3.63, 3.8) is 0 Å². The van der Waals surface area contributed by atoms with Gasteiger partial charge in [0.05, 0.1) is 23.0 Å². The normalized spacial score (nSPS) is 29.7.